The van der Waals surface area contributed by atoms with Crippen LogP contribution in [0, 0.1) is 0 Å². The zero-order valence-electron chi connectivity index (χ0n) is 9.12. The van der Waals surface area contributed by atoms with Gasteiger partial charge in [-0.15, -0.1) is 0 Å². The highest BCUT2D eigenvalue weighted by Crippen LogP contribution is 2.20. The number of esters is 2. The highest BCUT2D eigenvalue weighted by Gasteiger charge is 2.16. The first-order chi connectivity index (χ1) is 7.08. The number of allylic oxidation sites excluding steroid dienone is 1. The highest BCUT2D eigenvalue weighted by atomic mass is 16.5. The van der Waals surface area contributed by atoms with Gasteiger partial charge >= 0.3 is 11.9 Å². The first-order valence-electron chi connectivity index (χ1n) is 5.12. The number of rotatable bonds is 2. The third-order valence-electron chi connectivity index (χ3n) is 2.17. The van der Waals surface area contributed by atoms with Crippen molar-refractivity contribution in [2.45, 2.75) is 45.6 Å². The Morgan fingerprint density at radius 3 is 2.67 bits per heavy atom. The number of carbonyl (C=O) groups is 2. The normalized spacial score (nSPS) is 21.2. The second kappa shape index (κ2) is 5.53. The van der Waals surface area contributed by atoms with Gasteiger partial charge in [0.05, 0.1) is 0 Å². The van der Waals surface area contributed by atoms with Crippen molar-refractivity contribution in [2.75, 3.05) is 0 Å². The van der Waals surface area contributed by atoms with Gasteiger partial charge in [-0.2, -0.15) is 0 Å². The molecule has 84 valence electrons. The maximum Gasteiger partial charge on any atom is 0.307 e. The molecule has 0 fully saturated rings. The molecular formula is C11H16O4. The largest absolute Gasteiger partial charge is 0.462 e. The second-order valence-corrected chi connectivity index (χ2v) is 3.62. The van der Waals surface area contributed by atoms with E-state index in [9.17, 15) is 9.59 Å². The fourth-order valence-corrected chi connectivity index (χ4v) is 1.61. The molecule has 0 radical (unpaired) electrons. The van der Waals surface area contributed by atoms with Gasteiger partial charge < -0.3 is 9.47 Å². The van der Waals surface area contributed by atoms with Gasteiger partial charge in [-0.25, -0.2) is 0 Å². The van der Waals surface area contributed by atoms with Crippen LogP contribution < -0.4 is 0 Å². The van der Waals surface area contributed by atoms with Crippen molar-refractivity contribution in [2.24, 2.45) is 0 Å². The van der Waals surface area contributed by atoms with Gasteiger partial charge in [0.15, 0.2) is 0 Å². The summed E-state index contributed by atoms with van der Waals surface area (Å²) < 4.78 is 10.1. The molecule has 0 aliphatic heterocycles. The number of carbonyl (C=O) groups excluding carboxylic acids is 2. The van der Waals surface area contributed by atoms with Gasteiger partial charge in [0.25, 0.3) is 0 Å². The summed E-state index contributed by atoms with van der Waals surface area (Å²) in [6.45, 7) is 2.79. The smallest absolute Gasteiger partial charge is 0.307 e. The van der Waals surface area contributed by atoms with Gasteiger partial charge in [-0.1, -0.05) is 0 Å². The van der Waals surface area contributed by atoms with Crippen LogP contribution in [0.1, 0.15) is 39.5 Å². The van der Waals surface area contributed by atoms with Crippen LogP contribution in [-0.2, 0) is 19.1 Å². The molecule has 0 unspecified atom stereocenters. The molecule has 0 N–H and O–H groups in total. The lowest BCUT2D eigenvalue weighted by atomic mass is 10.1. The molecule has 1 atom stereocenters. The van der Waals surface area contributed by atoms with Crippen molar-refractivity contribution in [3.8, 4) is 0 Å². The van der Waals surface area contributed by atoms with Crippen LogP contribution in [0.25, 0.3) is 0 Å². The van der Waals surface area contributed by atoms with Crippen LogP contribution in [0.15, 0.2) is 11.8 Å². The fraction of sp³-hybridized carbons (Fsp3) is 0.636. The standard InChI is InChI=1S/C11H16O4/c1-8(12)14-10-4-3-5-11(7-6-10)15-9(2)13/h6,11H,3-5,7H2,1-2H3/t11-/m0/s1. The van der Waals surface area contributed by atoms with Crippen molar-refractivity contribution in [1.29, 1.82) is 0 Å². The molecule has 1 aliphatic rings. The number of hydrogen-bond donors (Lipinski definition) is 0. The van der Waals surface area contributed by atoms with Gasteiger partial charge in [0, 0.05) is 26.7 Å². The predicted molar refractivity (Wildman–Crippen MR) is 53.9 cm³/mol. The number of hydrogen-bond acceptors (Lipinski definition) is 4. The highest BCUT2D eigenvalue weighted by molar-refractivity contribution is 5.67. The van der Waals surface area contributed by atoms with E-state index in [4.69, 9.17) is 9.47 Å². The Balaban J connectivity index is 2.48. The lowest BCUT2D eigenvalue weighted by molar-refractivity contribution is -0.146. The number of ether oxygens (including phenoxy) is 2. The average Bonchev–Trinajstić information content (AvgIpc) is 2.29. The first-order valence-corrected chi connectivity index (χ1v) is 5.12. The van der Waals surface area contributed by atoms with E-state index in [1.807, 2.05) is 6.08 Å². The predicted octanol–water partition coefficient (Wildman–Crippen LogP) is 1.94. The van der Waals surface area contributed by atoms with Gasteiger partial charge in [0.1, 0.15) is 11.9 Å². The van der Waals surface area contributed by atoms with E-state index in [0.29, 0.717) is 12.2 Å². The maximum absolute atomic E-state index is 10.8. The molecule has 0 bridgehead atoms. The van der Waals surface area contributed by atoms with E-state index in [-0.39, 0.29) is 18.0 Å². The Bertz CT molecular complexity index is 280. The van der Waals surface area contributed by atoms with E-state index >= 15 is 0 Å². The van der Waals surface area contributed by atoms with Crippen LogP contribution in [0.2, 0.25) is 0 Å². The van der Waals surface area contributed by atoms with E-state index in [1.54, 1.807) is 0 Å². The van der Waals surface area contributed by atoms with Crippen LogP contribution in [0.5, 0.6) is 0 Å². The molecule has 0 spiro atoms. The Morgan fingerprint density at radius 2 is 2.07 bits per heavy atom. The Morgan fingerprint density at radius 1 is 1.33 bits per heavy atom. The van der Waals surface area contributed by atoms with Crippen LogP contribution >= 0.6 is 0 Å². The summed E-state index contributed by atoms with van der Waals surface area (Å²) in [6.07, 6.45) is 4.81. The lowest BCUT2D eigenvalue weighted by Crippen LogP contribution is -2.14. The summed E-state index contributed by atoms with van der Waals surface area (Å²) in [5.74, 6) is 0.133. The van der Waals surface area contributed by atoms with Crippen LogP contribution in [0.3, 0.4) is 0 Å². The van der Waals surface area contributed by atoms with Gasteiger partial charge in [-0.3, -0.25) is 9.59 Å². The topological polar surface area (TPSA) is 52.6 Å². The van der Waals surface area contributed by atoms with Crippen molar-refractivity contribution in [3.63, 3.8) is 0 Å². The summed E-state index contributed by atoms with van der Waals surface area (Å²) in [7, 11) is 0. The summed E-state index contributed by atoms with van der Waals surface area (Å²) >= 11 is 0. The van der Waals surface area contributed by atoms with Gasteiger partial charge in [-0.05, 0) is 18.9 Å². The van der Waals surface area contributed by atoms with Crippen LogP contribution in [-0.4, -0.2) is 18.0 Å². The third-order valence-corrected chi connectivity index (χ3v) is 2.17. The lowest BCUT2D eigenvalue weighted by Gasteiger charge is -2.12. The SMILES string of the molecule is CC(=O)OC1=CC[C@@H](OC(C)=O)CCC1. The molecule has 0 saturated heterocycles. The van der Waals surface area contributed by atoms with Gasteiger partial charge in [0.2, 0.25) is 0 Å². The molecule has 4 heteroatoms. The van der Waals surface area contributed by atoms with Crippen molar-refractivity contribution in [1.82, 2.24) is 0 Å². The molecule has 15 heavy (non-hydrogen) atoms. The van der Waals surface area contributed by atoms with Crippen molar-refractivity contribution in [3.05, 3.63) is 11.8 Å². The Hall–Kier alpha value is -1.32. The molecule has 0 saturated carbocycles. The molecule has 0 heterocycles. The zero-order valence-corrected chi connectivity index (χ0v) is 9.12. The minimum Gasteiger partial charge on any atom is -0.462 e. The molecule has 4 nitrogen and oxygen atoms in total. The summed E-state index contributed by atoms with van der Waals surface area (Å²) in [4.78, 5) is 21.5. The summed E-state index contributed by atoms with van der Waals surface area (Å²) in [6, 6.07) is 0. The Labute approximate surface area is 89.2 Å². The second-order valence-electron chi connectivity index (χ2n) is 3.62. The minimum atomic E-state index is -0.299. The molecule has 0 aromatic carbocycles. The first kappa shape index (κ1) is 11.8. The van der Waals surface area contributed by atoms with Crippen molar-refractivity contribution < 1.29 is 19.1 Å². The molecule has 1 aliphatic carbocycles. The minimum absolute atomic E-state index is 0.0736. The van der Waals surface area contributed by atoms with E-state index in [2.05, 4.69) is 0 Å². The molecular weight excluding hydrogens is 196 g/mol. The van der Waals surface area contributed by atoms with E-state index in [0.717, 1.165) is 19.3 Å². The summed E-state index contributed by atoms with van der Waals surface area (Å²) in [5.41, 5.74) is 0. The Kier molecular flexibility index (Phi) is 4.34. The monoisotopic (exact) mass is 212 g/mol. The maximum atomic E-state index is 10.8. The van der Waals surface area contributed by atoms with Crippen LogP contribution in [0.4, 0.5) is 0 Å². The summed E-state index contributed by atoms with van der Waals surface area (Å²) in [5, 5.41) is 0. The fourth-order valence-electron chi connectivity index (χ4n) is 1.61. The third kappa shape index (κ3) is 4.63. The zero-order chi connectivity index (χ0) is 11.3. The average molecular weight is 212 g/mol. The molecule has 0 amide bonds. The van der Waals surface area contributed by atoms with E-state index < -0.39 is 0 Å². The quantitative estimate of drug-likeness (QED) is 0.656. The molecule has 1 rings (SSSR count). The molecule has 0 aromatic rings. The molecule has 0 aromatic heterocycles. The van der Waals surface area contributed by atoms with Crippen molar-refractivity contribution >= 4 is 11.9 Å². The van der Waals surface area contributed by atoms with E-state index in [1.165, 1.54) is 13.8 Å².